The molecule has 0 saturated heterocycles. The van der Waals surface area contributed by atoms with Crippen molar-refractivity contribution in [3.63, 3.8) is 0 Å². The third kappa shape index (κ3) is 3.33. The van der Waals surface area contributed by atoms with Crippen molar-refractivity contribution < 1.29 is 0 Å². The number of unbranched alkanes of at least 4 members (excludes halogenated alkanes) is 1. The molecular weight excluding hydrogens is 184 g/mol. The highest BCUT2D eigenvalue weighted by molar-refractivity contribution is 5.35. The van der Waals surface area contributed by atoms with Crippen LogP contribution in [0.3, 0.4) is 0 Å². The predicted molar refractivity (Wildman–Crippen MR) is 65.7 cm³/mol. The largest absolute Gasteiger partial charge is 0.330 e. The van der Waals surface area contributed by atoms with Gasteiger partial charge < -0.3 is 11.5 Å². The van der Waals surface area contributed by atoms with E-state index in [9.17, 15) is 0 Å². The van der Waals surface area contributed by atoms with Gasteiger partial charge in [-0.3, -0.25) is 0 Å². The molecule has 4 N–H and O–H groups in total. The maximum absolute atomic E-state index is 6.16. The maximum Gasteiger partial charge on any atom is 0.0297 e. The summed E-state index contributed by atoms with van der Waals surface area (Å²) in [5, 5.41) is 0. The molecule has 0 unspecified atom stereocenters. The molecule has 0 aliphatic heterocycles. The average Bonchev–Trinajstić information content (AvgIpc) is 2.22. The van der Waals surface area contributed by atoms with Gasteiger partial charge in [-0.2, -0.15) is 0 Å². The Morgan fingerprint density at radius 1 is 1.20 bits per heavy atom. The lowest BCUT2D eigenvalue weighted by atomic mass is 9.95. The van der Waals surface area contributed by atoms with Crippen LogP contribution in [0.4, 0.5) is 0 Å². The minimum atomic E-state index is 0.163. The van der Waals surface area contributed by atoms with Crippen molar-refractivity contribution in [2.45, 2.75) is 39.2 Å². The molecule has 0 aliphatic carbocycles. The fourth-order valence-corrected chi connectivity index (χ4v) is 1.84. The van der Waals surface area contributed by atoms with Crippen LogP contribution < -0.4 is 11.5 Å². The summed E-state index contributed by atoms with van der Waals surface area (Å²) in [5.41, 5.74) is 15.6. The fourth-order valence-electron chi connectivity index (χ4n) is 1.84. The molecule has 0 heterocycles. The van der Waals surface area contributed by atoms with E-state index in [1.807, 2.05) is 0 Å². The van der Waals surface area contributed by atoms with Crippen molar-refractivity contribution in [2.24, 2.45) is 11.5 Å². The van der Waals surface area contributed by atoms with Crippen molar-refractivity contribution in [3.8, 4) is 0 Å². The topological polar surface area (TPSA) is 52.0 Å². The van der Waals surface area contributed by atoms with Crippen LogP contribution >= 0.6 is 0 Å². The van der Waals surface area contributed by atoms with Gasteiger partial charge in [0.2, 0.25) is 0 Å². The van der Waals surface area contributed by atoms with Gasteiger partial charge in [-0.15, -0.1) is 0 Å². The van der Waals surface area contributed by atoms with Gasteiger partial charge in [0.25, 0.3) is 0 Å². The Hall–Kier alpha value is -0.860. The summed E-state index contributed by atoms with van der Waals surface area (Å²) in [6, 6.07) is 6.51. The lowest BCUT2D eigenvalue weighted by Crippen LogP contribution is -2.13. The highest BCUT2D eigenvalue weighted by Crippen LogP contribution is 2.22. The van der Waals surface area contributed by atoms with Crippen molar-refractivity contribution in [1.29, 1.82) is 0 Å². The summed E-state index contributed by atoms with van der Waals surface area (Å²) < 4.78 is 0. The summed E-state index contributed by atoms with van der Waals surface area (Å²) in [4.78, 5) is 0. The third-order valence-corrected chi connectivity index (χ3v) is 3.02. The Kier molecular flexibility index (Phi) is 4.79. The smallest absolute Gasteiger partial charge is 0.0297 e. The SMILES string of the molecule is Cc1cccc([C@@H](N)CCCCN)c1C. The minimum Gasteiger partial charge on any atom is -0.330 e. The highest BCUT2D eigenvalue weighted by Gasteiger charge is 2.09. The molecule has 2 heteroatoms. The van der Waals surface area contributed by atoms with E-state index >= 15 is 0 Å². The number of rotatable bonds is 5. The maximum atomic E-state index is 6.16. The molecule has 1 aromatic rings. The van der Waals surface area contributed by atoms with E-state index in [2.05, 4.69) is 32.0 Å². The van der Waals surface area contributed by atoms with E-state index in [4.69, 9.17) is 11.5 Å². The second kappa shape index (κ2) is 5.89. The summed E-state index contributed by atoms with van der Waals surface area (Å²) in [7, 11) is 0. The lowest BCUT2D eigenvalue weighted by Gasteiger charge is -2.15. The standard InChI is InChI=1S/C13H22N2/c1-10-6-5-7-12(11(10)2)13(15)8-3-4-9-14/h5-7,13H,3-4,8-9,14-15H2,1-2H3/t13-/m0/s1. The van der Waals surface area contributed by atoms with Crippen LogP contribution in [-0.2, 0) is 0 Å². The Morgan fingerprint density at radius 3 is 2.60 bits per heavy atom. The fraction of sp³-hybridized carbons (Fsp3) is 0.538. The number of hydrogen-bond donors (Lipinski definition) is 2. The van der Waals surface area contributed by atoms with Crippen molar-refractivity contribution in [2.75, 3.05) is 6.54 Å². The predicted octanol–water partition coefficient (Wildman–Crippen LogP) is 2.43. The van der Waals surface area contributed by atoms with Gasteiger partial charge in [0, 0.05) is 6.04 Å². The van der Waals surface area contributed by atoms with Gasteiger partial charge in [0.15, 0.2) is 0 Å². The molecule has 1 aromatic carbocycles. The van der Waals surface area contributed by atoms with E-state index in [0.717, 1.165) is 25.8 Å². The van der Waals surface area contributed by atoms with Crippen LogP contribution in [-0.4, -0.2) is 6.54 Å². The van der Waals surface area contributed by atoms with Gasteiger partial charge in [-0.05, 0) is 49.9 Å². The minimum absolute atomic E-state index is 0.163. The first kappa shape index (κ1) is 12.2. The van der Waals surface area contributed by atoms with Crippen LogP contribution in [0.15, 0.2) is 18.2 Å². The van der Waals surface area contributed by atoms with Crippen molar-refractivity contribution in [3.05, 3.63) is 34.9 Å². The Bertz CT molecular complexity index is 307. The van der Waals surface area contributed by atoms with E-state index in [1.165, 1.54) is 16.7 Å². The third-order valence-electron chi connectivity index (χ3n) is 3.02. The van der Waals surface area contributed by atoms with E-state index in [-0.39, 0.29) is 6.04 Å². The number of benzene rings is 1. The van der Waals surface area contributed by atoms with Crippen molar-refractivity contribution in [1.82, 2.24) is 0 Å². The first-order valence-corrected chi connectivity index (χ1v) is 5.68. The first-order chi connectivity index (χ1) is 7.16. The average molecular weight is 206 g/mol. The van der Waals surface area contributed by atoms with E-state index in [1.54, 1.807) is 0 Å². The Morgan fingerprint density at radius 2 is 1.93 bits per heavy atom. The monoisotopic (exact) mass is 206 g/mol. The van der Waals surface area contributed by atoms with Gasteiger partial charge in [-0.1, -0.05) is 24.6 Å². The van der Waals surface area contributed by atoms with Crippen molar-refractivity contribution >= 4 is 0 Å². The molecule has 1 rings (SSSR count). The zero-order valence-electron chi connectivity index (χ0n) is 9.79. The molecule has 2 nitrogen and oxygen atoms in total. The normalized spacial score (nSPS) is 12.8. The zero-order chi connectivity index (χ0) is 11.3. The summed E-state index contributed by atoms with van der Waals surface area (Å²) in [5.74, 6) is 0. The van der Waals surface area contributed by atoms with E-state index in [0.29, 0.717) is 0 Å². The molecule has 0 aromatic heterocycles. The second-order valence-electron chi connectivity index (χ2n) is 4.18. The van der Waals surface area contributed by atoms with Gasteiger partial charge in [0.1, 0.15) is 0 Å². The molecule has 0 fully saturated rings. The van der Waals surface area contributed by atoms with Crippen LogP contribution in [0.2, 0.25) is 0 Å². The quantitative estimate of drug-likeness (QED) is 0.727. The number of aryl methyl sites for hydroxylation is 1. The van der Waals surface area contributed by atoms with Crippen LogP contribution in [0.25, 0.3) is 0 Å². The van der Waals surface area contributed by atoms with Gasteiger partial charge in [-0.25, -0.2) is 0 Å². The Labute approximate surface area is 92.7 Å². The molecule has 0 aliphatic rings. The molecule has 0 saturated carbocycles. The first-order valence-electron chi connectivity index (χ1n) is 5.68. The number of hydrogen-bond acceptors (Lipinski definition) is 2. The van der Waals surface area contributed by atoms with Crippen LogP contribution in [0, 0.1) is 13.8 Å². The van der Waals surface area contributed by atoms with Gasteiger partial charge in [0.05, 0.1) is 0 Å². The summed E-state index contributed by atoms with van der Waals surface area (Å²) in [6.45, 7) is 5.04. The van der Waals surface area contributed by atoms with E-state index < -0.39 is 0 Å². The molecule has 1 atom stereocenters. The van der Waals surface area contributed by atoms with Crippen LogP contribution in [0.5, 0.6) is 0 Å². The highest BCUT2D eigenvalue weighted by atomic mass is 14.6. The molecule has 15 heavy (non-hydrogen) atoms. The lowest BCUT2D eigenvalue weighted by molar-refractivity contribution is 0.588. The van der Waals surface area contributed by atoms with Crippen LogP contribution in [0.1, 0.15) is 42.0 Å². The summed E-state index contributed by atoms with van der Waals surface area (Å²) in [6.07, 6.45) is 3.21. The van der Waals surface area contributed by atoms with Gasteiger partial charge >= 0.3 is 0 Å². The Balaban J connectivity index is 2.65. The molecular formula is C13H22N2. The number of nitrogens with two attached hydrogens (primary N) is 2. The molecule has 0 radical (unpaired) electrons. The molecule has 0 amide bonds. The zero-order valence-corrected chi connectivity index (χ0v) is 9.79. The summed E-state index contributed by atoms with van der Waals surface area (Å²) >= 11 is 0. The molecule has 0 spiro atoms. The second-order valence-corrected chi connectivity index (χ2v) is 4.18. The molecule has 84 valence electrons. The molecule has 0 bridgehead atoms.